The maximum Gasteiger partial charge on any atom is 0.336 e. The molecule has 2 aromatic carbocycles. The average molecular weight is 371 g/mol. The van der Waals surface area contributed by atoms with Crippen molar-refractivity contribution in [3.63, 3.8) is 0 Å². The summed E-state index contributed by atoms with van der Waals surface area (Å²) >= 11 is 8.86. The maximum absolute atomic E-state index is 12.0. The standard InChI is InChI=1S/C14H9BrClNO4/c15-10-3-2-8(6-9(10)14(20)21)17-13(19)7-1-4-12(18)11(16)5-7/h1-6,18H,(H,17,19)(H,20,21). The molecule has 1 amide bonds. The van der Waals surface area contributed by atoms with E-state index in [1.807, 2.05) is 0 Å². The summed E-state index contributed by atoms with van der Waals surface area (Å²) in [6.45, 7) is 0. The van der Waals surface area contributed by atoms with Crippen LogP contribution in [0.1, 0.15) is 20.7 Å². The van der Waals surface area contributed by atoms with Gasteiger partial charge in [-0.15, -0.1) is 0 Å². The predicted octanol–water partition coefficient (Wildman–Crippen LogP) is 3.76. The van der Waals surface area contributed by atoms with Crippen LogP contribution < -0.4 is 5.32 Å². The highest BCUT2D eigenvalue weighted by atomic mass is 79.9. The number of anilines is 1. The molecule has 5 nitrogen and oxygen atoms in total. The molecule has 21 heavy (non-hydrogen) atoms. The van der Waals surface area contributed by atoms with E-state index in [4.69, 9.17) is 16.7 Å². The highest BCUT2D eigenvalue weighted by Crippen LogP contribution is 2.25. The minimum absolute atomic E-state index is 0.0385. The van der Waals surface area contributed by atoms with Crippen LogP contribution in [0.25, 0.3) is 0 Å². The lowest BCUT2D eigenvalue weighted by Crippen LogP contribution is -2.12. The van der Waals surface area contributed by atoms with Gasteiger partial charge in [0.25, 0.3) is 5.91 Å². The second-order valence-electron chi connectivity index (χ2n) is 4.12. The zero-order valence-electron chi connectivity index (χ0n) is 10.4. The van der Waals surface area contributed by atoms with Crippen LogP contribution in [0.5, 0.6) is 5.75 Å². The Hall–Kier alpha value is -2.05. The van der Waals surface area contributed by atoms with Crippen molar-refractivity contribution in [2.24, 2.45) is 0 Å². The van der Waals surface area contributed by atoms with E-state index in [-0.39, 0.29) is 21.9 Å². The number of phenolic OH excluding ortho intramolecular Hbond substituents is 1. The van der Waals surface area contributed by atoms with Crippen molar-refractivity contribution < 1.29 is 19.8 Å². The van der Waals surface area contributed by atoms with Crippen molar-refractivity contribution in [1.82, 2.24) is 0 Å². The SMILES string of the molecule is O=C(Nc1ccc(Br)c(C(=O)O)c1)c1ccc(O)c(Cl)c1. The Morgan fingerprint density at radius 3 is 2.48 bits per heavy atom. The van der Waals surface area contributed by atoms with Crippen molar-refractivity contribution in [1.29, 1.82) is 0 Å². The molecule has 0 bridgehead atoms. The van der Waals surface area contributed by atoms with Crippen molar-refractivity contribution >= 4 is 45.1 Å². The molecule has 0 aliphatic rings. The van der Waals surface area contributed by atoms with Gasteiger partial charge in [0.15, 0.2) is 0 Å². The van der Waals surface area contributed by atoms with E-state index in [0.29, 0.717) is 10.2 Å². The molecule has 0 fully saturated rings. The Labute approximate surface area is 133 Å². The number of hydrogen-bond acceptors (Lipinski definition) is 3. The van der Waals surface area contributed by atoms with E-state index < -0.39 is 11.9 Å². The second kappa shape index (κ2) is 6.15. The maximum atomic E-state index is 12.0. The van der Waals surface area contributed by atoms with Gasteiger partial charge in [-0.1, -0.05) is 11.6 Å². The number of benzene rings is 2. The summed E-state index contributed by atoms with van der Waals surface area (Å²) in [7, 11) is 0. The third-order valence-electron chi connectivity index (χ3n) is 2.66. The fourth-order valence-corrected chi connectivity index (χ4v) is 2.22. The average Bonchev–Trinajstić information content (AvgIpc) is 2.43. The highest BCUT2D eigenvalue weighted by Gasteiger charge is 2.12. The largest absolute Gasteiger partial charge is 0.506 e. The lowest BCUT2D eigenvalue weighted by Gasteiger charge is -2.08. The number of carboxylic acids is 1. The van der Waals surface area contributed by atoms with E-state index in [0.717, 1.165) is 0 Å². The van der Waals surface area contributed by atoms with Crippen LogP contribution in [-0.2, 0) is 0 Å². The molecule has 2 aromatic rings. The summed E-state index contributed by atoms with van der Waals surface area (Å²) in [5, 5.41) is 21.0. The number of hydrogen-bond donors (Lipinski definition) is 3. The van der Waals surface area contributed by atoms with Crippen LogP contribution >= 0.6 is 27.5 Å². The molecule has 0 aliphatic heterocycles. The van der Waals surface area contributed by atoms with Crippen LogP contribution in [0.4, 0.5) is 5.69 Å². The van der Waals surface area contributed by atoms with Gasteiger partial charge in [-0.25, -0.2) is 4.79 Å². The lowest BCUT2D eigenvalue weighted by atomic mass is 10.1. The van der Waals surface area contributed by atoms with Crippen molar-refractivity contribution in [3.05, 3.63) is 57.0 Å². The molecule has 0 saturated carbocycles. The van der Waals surface area contributed by atoms with Crippen LogP contribution in [0.2, 0.25) is 5.02 Å². The summed E-state index contributed by atoms with van der Waals surface area (Å²) in [5.41, 5.74) is 0.624. The first-order valence-electron chi connectivity index (χ1n) is 5.71. The number of amides is 1. The lowest BCUT2D eigenvalue weighted by molar-refractivity contribution is 0.0695. The first kappa shape index (κ1) is 15.3. The van der Waals surface area contributed by atoms with Crippen LogP contribution in [0, 0.1) is 0 Å². The number of halogens is 2. The van der Waals surface area contributed by atoms with Gasteiger partial charge in [-0.3, -0.25) is 4.79 Å². The molecule has 108 valence electrons. The number of carbonyl (C=O) groups excluding carboxylic acids is 1. The molecular formula is C14H9BrClNO4. The number of aromatic hydroxyl groups is 1. The summed E-state index contributed by atoms with van der Waals surface area (Å²) < 4.78 is 0.417. The molecule has 0 spiro atoms. The molecule has 0 aliphatic carbocycles. The molecule has 3 N–H and O–H groups in total. The van der Waals surface area contributed by atoms with E-state index >= 15 is 0 Å². The number of aromatic carboxylic acids is 1. The zero-order valence-corrected chi connectivity index (χ0v) is 12.8. The fourth-order valence-electron chi connectivity index (χ4n) is 1.62. The Kier molecular flexibility index (Phi) is 4.50. The van der Waals surface area contributed by atoms with Crippen LogP contribution in [-0.4, -0.2) is 22.1 Å². The van der Waals surface area contributed by atoms with Crippen LogP contribution in [0.15, 0.2) is 40.9 Å². The van der Waals surface area contributed by atoms with Gasteiger partial charge in [-0.05, 0) is 52.3 Å². The topological polar surface area (TPSA) is 86.6 Å². The van der Waals surface area contributed by atoms with Gasteiger partial charge in [0.05, 0.1) is 10.6 Å². The van der Waals surface area contributed by atoms with E-state index in [1.54, 1.807) is 6.07 Å². The smallest absolute Gasteiger partial charge is 0.336 e. The summed E-state index contributed by atoms with van der Waals surface area (Å²) in [6.07, 6.45) is 0. The molecule has 0 atom stereocenters. The normalized spacial score (nSPS) is 10.2. The van der Waals surface area contributed by atoms with Gasteiger partial charge in [0, 0.05) is 15.7 Å². The predicted molar refractivity (Wildman–Crippen MR) is 82.2 cm³/mol. The van der Waals surface area contributed by atoms with Crippen molar-refractivity contribution in [3.8, 4) is 5.75 Å². The van der Waals surface area contributed by atoms with E-state index in [1.165, 1.54) is 30.3 Å². The van der Waals surface area contributed by atoms with Gasteiger partial charge in [-0.2, -0.15) is 0 Å². The monoisotopic (exact) mass is 369 g/mol. The van der Waals surface area contributed by atoms with E-state index in [2.05, 4.69) is 21.2 Å². The number of carboxylic acid groups (broad SMARTS) is 1. The van der Waals surface area contributed by atoms with Gasteiger partial charge in [0.1, 0.15) is 5.75 Å². The first-order chi connectivity index (χ1) is 9.88. The van der Waals surface area contributed by atoms with Gasteiger partial charge < -0.3 is 15.5 Å². The molecule has 0 aromatic heterocycles. The number of carbonyl (C=O) groups is 2. The molecule has 0 radical (unpaired) electrons. The first-order valence-corrected chi connectivity index (χ1v) is 6.88. The molecular weight excluding hydrogens is 362 g/mol. The van der Waals surface area contributed by atoms with E-state index in [9.17, 15) is 14.7 Å². The summed E-state index contributed by atoms with van der Waals surface area (Å²) in [6, 6.07) is 8.48. The van der Waals surface area contributed by atoms with Crippen molar-refractivity contribution in [2.45, 2.75) is 0 Å². The Morgan fingerprint density at radius 1 is 1.14 bits per heavy atom. The Bertz CT molecular complexity index is 733. The molecule has 0 heterocycles. The minimum Gasteiger partial charge on any atom is -0.506 e. The second-order valence-corrected chi connectivity index (χ2v) is 5.38. The highest BCUT2D eigenvalue weighted by molar-refractivity contribution is 9.10. The molecule has 7 heteroatoms. The van der Waals surface area contributed by atoms with Crippen molar-refractivity contribution in [2.75, 3.05) is 5.32 Å². The number of phenols is 1. The van der Waals surface area contributed by atoms with Gasteiger partial charge in [0.2, 0.25) is 0 Å². The zero-order chi connectivity index (χ0) is 15.6. The molecule has 0 saturated heterocycles. The third-order valence-corrected chi connectivity index (χ3v) is 3.66. The molecule has 0 unspecified atom stereocenters. The Balaban J connectivity index is 2.25. The Morgan fingerprint density at radius 2 is 1.86 bits per heavy atom. The van der Waals surface area contributed by atoms with Crippen LogP contribution in [0.3, 0.4) is 0 Å². The number of rotatable bonds is 3. The molecule has 2 rings (SSSR count). The fraction of sp³-hybridized carbons (Fsp3) is 0. The third kappa shape index (κ3) is 3.53. The quantitative estimate of drug-likeness (QED) is 0.768. The number of nitrogens with one attached hydrogen (secondary N) is 1. The van der Waals surface area contributed by atoms with Gasteiger partial charge >= 0.3 is 5.97 Å². The minimum atomic E-state index is -1.11. The summed E-state index contributed by atoms with van der Waals surface area (Å²) in [4.78, 5) is 23.1. The summed E-state index contributed by atoms with van der Waals surface area (Å²) in [5.74, 6) is -1.69.